The Labute approximate surface area is 222 Å². The summed E-state index contributed by atoms with van der Waals surface area (Å²) in [6, 6.07) is 18.4. The fourth-order valence-corrected chi connectivity index (χ4v) is 4.51. The lowest BCUT2D eigenvalue weighted by Gasteiger charge is -2.20. The Hall–Kier alpha value is -3.97. The summed E-state index contributed by atoms with van der Waals surface area (Å²) < 4.78 is 23.8. The Kier molecular flexibility index (Phi) is 7.29. The molecule has 4 aromatic rings. The zero-order valence-corrected chi connectivity index (χ0v) is 22.1. The molecule has 0 aliphatic heterocycles. The van der Waals surface area contributed by atoms with Gasteiger partial charge in [-0.1, -0.05) is 67.6 Å². The predicted molar refractivity (Wildman–Crippen MR) is 146 cm³/mol. The van der Waals surface area contributed by atoms with E-state index in [1.807, 2.05) is 63.3 Å². The van der Waals surface area contributed by atoms with Crippen LogP contribution in [0.5, 0.6) is 5.88 Å². The van der Waals surface area contributed by atoms with Crippen LogP contribution in [0.25, 0.3) is 33.6 Å². The minimum Gasteiger partial charge on any atom is -0.469 e. The summed E-state index contributed by atoms with van der Waals surface area (Å²) in [5.74, 6) is 0.770. The van der Waals surface area contributed by atoms with Crippen LogP contribution in [0.15, 0.2) is 77.5 Å². The smallest absolute Gasteiger partial charge is 0.332 e. The number of hydrogen-bond donors (Lipinski definition) is 0. The summed E-state index contributed by atoms with van der Waals surface area (Å²) >= 11 is 0. The number of fused-ring (bicyclic) bond motifs is 1. The molecule has 38 heavy (non-hydrogen) atoms. The Morgan fingerprint density at radius 2 is 1.71 bits per heavy atom. The van der Waals surface area contributed by atoms with Crippen molar-refractivity contribution in [1.82, 2.24) is 9.97 Å². The Bertz CT molecular complexity index is 1440. The van der Waals surface area contributed by atoms with Gasteiger partial charge in [0.05, 0.1) is 6.10 Å². The fraction of sp³-hybridized carbons (Fsp3) is 0.323. The lowest BCUT2D eigenvalue weighted by molar-refractivity contribution is -0.161. The van der Waals surface area contributed by atoms with Gasteiger partial charge >= 0.3 is 5.97 Å². The maximum absolute atomic E-state index is 12.0. The van der Waals surface area contributed by atoms with Gasteiger partial charge in [-0.15, -0.1) is 0 Å². The van der Waals surface area contributed by atoms with Gasteiger partial charge in [-0.3, -0.25) is 0 Å². The summed E-state index contributed by atoms with van der Waals surface area (Å²) in [5.41, 5.74) is 4.01. The molecule has 0 saturated carbocycles. The van der Waals surface area contributed by atoms with E-state index in [-0.39, 0.29) is 18.8 Å². The van der Waals surface area contributed by atoms with E-state index in [9.17, 15) is 4.79 Å². The van der Waals surface area contributed by atoms with Crippen LogP contribution in [0.3, 0.4) is 0 Å². The summed E-state index contributed by atoms with van der Waals surface area (Å²) in [4.78, 5) is 21.0. The second-order valence-electron chi connectivity index (χ2n) is 10.3. The van der Waals surface area contributed by atoms with E-state index in [1.165, 1.54) is 11.9 Å². The molecular formula is C31H32N2O5. The number of carbonyl (C=O) groups is 1. The Balaban J connectivity index is 1.42. The lowest BCUT2D eigenvalue weighted by atomic mass is 9.98. The number of nitrogens with zero attached hydrogens (tertiary/aromatic N) is 2. The zero-order chi connectivity index (χ0) is 26.7. The molecule has 7 heteroatoms. The molecule has 2 aromatic heterocycles. The highest BCUT2D eigenvalue weighted by Gasteiger charge is 2.27. The van der Waals surface area contributed by atoms with E-state index < -0.39 is 11.6 Å². The molecule has 2 aromatic carbocycles. The number of carbonyl (C=O) groups excluding carboxylic acids is 1. The lowest BCUT2D eigenvalue weighted by Crippen LogP contribution is -2.28. The van der Waals surface area contributed by atoms with Gasteiger partial charge < -0.3 is 18.6 Å². The van der Waals surface area contributed by atoms with Crippen molar-refractivity contribution in [2.24, 2.45) is 0 Å². The molecule has 196 valence electrons. The Morgan fingerprint density at radius 1 is 0.974 bits per heavy atom. The average Bonchev–Trinajstić information content (AvgIpc) is 3.52. The van der Waals surface area contributed by atoms with Crippen molar-refractivity contribution < 1.29 is 23.4 Å². The van der Waals surface area contributed by atoms with Gasteiger partial charge in [-0.2, -0.15) is 0 Å². The third-order valence-corrected chi connectivity index (χ3v) is 6.24. The highest BCUT2D eigenvalue weighted by atomic mass is 16.6. The van der Waals surface area contributed by atoms with Crippen LogP contribution in [-0.2, 0) is 20.7 Å². The predicted octanol–water partition coefficient (Wildman–Crippen LogP) is 6.55. The molecule has 1 aliphatic rings. The molecule has 7 nitrogen and oxygen atoms in total. The molecule has 0 radical (unpaired) electrons. The first kappa shape index (κ1) is 25.7. The largest absolute Gasteiger partial charge is 0.469 e. The Morgan fingerprint density at radius 3 is 2.42 bits per heavy atom. The van der Waals surface area contributed by atoms with Crippen LogP contribution in [0.4, 0.5) is 0 Å². The van der Waals surface area contributed by atoms with Crippen molar-refractivity contribution in [3.63, 3.8) is 0 Å². The number of benzene rings is 2. The van der Waals surface area contributed by atoms with Gasteiger partial charge in [0.2, 0.25) is 11.6 Å². The van der Waals surface area contributed by atoms with Crippen molar-refractivity contribution in [1.29, 1.82) is 0 Å². The van der Waals surface area contributed by atoms with Crippen LogP contribution >= 0.6 is 0 Å². The van der Waals surface area contributed by atoms with E-state index in [4.69, 9.17) is 18.6 Å². The quantitative estimate of drug-likeness (QED) is 0.195. The molecule has 0 spiro atoms. The van der Waals surface area contributed by atoms with Crippen molar-refractivity contribution in [3.05, 3.63) is 78.6 Å². The van der Waals surface area contributed by atoms with Gasteiger partial charge in [-0.05, 0) is 44.4 Å². The fourth-order valence-electron chi connectivity index (χ4n) is 4.51. The number of esters is 1. The van der Waals surface area contributed by atoms with Crippen molar-refractivity contribution >= 4 is 17.1 Å². The summed E-state index contributed by atoms with van der Waals surface area (Å²) in [5, 5.41) is 0.724. The van der Waals surface area contributed by atoms with E-state index in [0.29, 0.717) is 18.0 Å². The minimum absolute atomic E-state index is 0.114. The molecule has 0 saturated heterocycles. The van der Waals surface area contributed by atoms with Gasteiger partial charge in [0.15, 0.2) is 0 Å². The number of aryl methyl sites for hydroxylation is 1. The van der Waals surface area contributed by atoms with E-state index >= 15 is 0 Å². The first-order valence-corrected chi connectivity index (χ1v) is 12.9. The van der Waals surface area contributed by atoms with E-state index in [2.05, 4.69) is 41.2 Å². The van der Waals surface area contributed by atoms with Gasteiger partial charge in [0.25, 0.3) is 0 Å². The van der Waals surface area contributed by atoms with Crippen LogP contribution in [0.1, 0.15) is 39.7 Å². The third-order valence-electron chi connectivity index (χ3n) is 6.24. The number of ether oxygens (including phenoxy) is 3. The minimum atomic E-state index is -0.548. The highest BCUT2D eigenvalue weighted by Crippen LogP contribution is 2.43. The summed E-state index contributed by atoms with van der Waals surface area (Å²) in [6.07, 6.45) is 6.27. The highest BCUT2D eigenvalue weighted by molar-refractivity contribution is 6.03. The maximum Gasteiger partial charge on any atom is 0.332 e. The van der Waals surface area contributed by atoms with Gasteiger partial charge in [0, 0.05) is 17.5 Å². The second kappa shape index (κ2) is 10.8. The number of hydrogen-bond acceptors (Lipinski definition) is 7. The molecule has 0 fully saturated rings. The van der Waals surface area contributed by atoms with Crippen LogP contribution in [0, 0.1) is 0 Å². The number of rotatable bonds is 8. The van der Waals surface area contributed by atoms with E-state index in [1.54, 1.807) is 0 Å². The van der Waals surface area contributed by atoms with Gasteiger partial charge in [0.1, 0.15) is 35.8 Å². The zero-order valence-electron chi connectivity index (χ0n) is 22.1. The van der Waals surface area contributed by atoms with Crippen LogP contribution in [-0.4, -0.2) is 40.4 Å². The molecule has 2 unspecified atom stereocenters. The van der Waals surface area contributed by atoms with Crippen molar-refractivity contribution in [3.8, 4) is 28.3 Å². The molecule has 5 rings (SSSR count). The summed E-state index contributed by atoms with van der Waals surface area (Å²) in [6.45, 7) is 7.52. The average molecular weight is 513 g/mol. The molecular weight excluding hydrogens is 480 g/mol. The SMILES string of the molecule is CCc1ccc(-c2c(-c3ccccc3)oc3ncnc(OC4C=CC(OCC(=O)OC(C)(C)C)C4)c23)cc1. The molecule has 0 amide bonds. The standard InChI is InChI=1S/C31H32N2O5/c1-5-20-11-13-21(14-12-20)26-27-29(32-19-33-30(27)37-28(26)22-9-7-6-8-10-22)36-24-16-15-23(17-24)35-18-25(34)38-31(2,3)4/h6-16,19,23-24H,5,17-18H2,1-4H3. The third kappa shape index (κ3) is 5.78. The maximum atomic E-state index is 12.0. The number of furan rings is 1. The number of aromatic nitrogens is 2. The molecule has 2 heterocycles. The summed E-state index contributed by atoms with van der Waals surface area (Å²) in [7, 11) is 0. The normalized spacial score (nSPS) is 17.2. The molecule has 0 bridgehead atoms. The van der Waals surface area contributed by atoms with Crippen molar-refractivity contribution in [2.45, 2.75) is 58.3 Å². The van der Waals surface area contributed by atoms with Crippen molar-refractivity contribution in [2.75, 3.05) is 6.61 Å². The monoisotopic (exact) mass is 512 g/mol. The van der Waals surface area contributed by atoms with Crippen LogP contribution in [0.2, 0.25) is 0 Å². The topological polar surface area (TPSA) is 83.7 Å². The van der Waals surface area contributed by atoms with E-state index in [0.717, 1.165) is 34.3 Å². The molecule has 0 N–H and O–H groups in total. The second-order valence-corrected chi connectivity index (χ2v) is 10.3. The van der Waals surface area contributed by atoms with Gasteiger partial charge in [-0.25, -0.2) is 14.8 Å². The first-order valence-electron chi connectivity index (χ1n) is 12.9. The molecule has 2 atom stereocenters. The first-order chi connectivity index (χ1) is 18.3. The van der Waals surface area contributed by atoms with Crippen LogP contribution < -0.4 is 4.74 Å². The molecule has 1 aliphatic carbocycles.